The number of aliphatic carboxylic acids is 1. The van der Waals surface area contributed by atoms with Gasteiger partial charge >= 0.3 is 5.97 Å². The lowest BCUT2D eigenvalue weighted by Gasteiger charge is -2.21. The molecule has 26 heavy (non-hydrogen) atoms. The quantitative estimate of drug-likeness (QED) is 0.890. The summed E-state index contributed by atoms with van der Waals surface area (Å²) in [5.74, 6) is -1.74. The molecular weight excluding hydrogens is 335 g/mol. The van der Waals surface area contributed by atoms with Gasteiger partial charge in [0.05, 0.1) is 18.2 Å². The molecule has 1 aliphatic heterocycles. The summed E-state index contributed by atoms with van der Waals surface area (Å²) in [6, 6.07) is 13.4. The number of benzene rings is 2. The number of hydrogen-bond acceptors (Lipinski definition) is 3. The van der Waals surface area contributed by atoms with Gasteiger partial charge in [0.15, 0.2) is 0 Å². The number of nitrogens with zero attached hydrogens (tertiary/aromatic N) is 2. The molecule has 2 aromatic rings. The molecule has 0 aromatic heterocycles. The number of amides is 1. The molecule has 6 heteroatoms. The van der Waals surface area contributed by atoms with Crippen molar-refractivity contribution >= 4 is 17.6 Å². The van der Waals surface area contributed by atoms with Crippen LogP contribution in [-0.4, -0.2) is 27.7 Å². The lowest BCUT2D eigenvalue weighted by atomic mass is 9.98. The molecule has 0 spiro atoms. The Bertz CT molecular complexity index is 844. The van der Waals surface area contributed by atoms with Gasteiger partial charge in [0.2, 0.25) is 5.91 Å². The fourth-order valence-corrected chi connectivity index (χ4v) is 2.93. The molecular formula is C20H19FN2O3. The van der Waals surface area contributed by atoms with Gasteiger partial charge in [-0.2, -0.15) is 5.10 Å². The van der Waals surface area contributed by atoms with E-state index in [0.717, 1.165) is 22.4 Å². The highest BCUT2D eigenvalue weighted by atomic mass is 19.1. The fraction of sp³-hybridized carbons (Fsp3) is 0.250. The molecule has 1 N–H and O–H groups in total. The van der Waals surface area contributed by atoms with Crippen LogP contribution >= 0.6 is 0 Å². The lowest BCUT2D eigenvalue weighted by molar-refractivity contribution is -0.141. The molecule has 5 nitrogen and oxygen atoms in total. The highest BCUT2D eigenvalue weighted by Gasteiger charge is 2.33. The molecule has 1 amide bonds. The van der Waals surface area contributed by atoms with Crippen LogP contribution in [0.25, 0.3) is 0 Å². The van der Waals surface area contributed by atoms with Crippen LogP contribution in [-0.2, 0) is 9.59 Å². The van der Waals surface area contributed by atoms with E-state index in [1.54, 1.807) is 12.1 Å². The Kier molecular flexibility index (Phi) is 5.11. The van der Waals surface area contributed by atoms with Gasteiger partial charge in [0.25, 0.3) is 0 Å². The maximum atomic E-state index is 13.2. The van der Waals surface area contributed by atoms with Crippen LogP contribution in [0, 0.1) is 12.7 Å². The second-order valence-electron chi connectivity index (χ2n) is 6.32. The Morgan fingerprint density at radius 2 is 1.77 bits per heavy atom. The molecule has 1 heterocycles. The van der Waals surface area contributed by atoms with E-state index < -0.39 is 5.97 Å². The summed E-state index contributed by atoms with van der Waals surface area (Å²) in [5, 5.41) is 14.6. The molecule has 0 saturated heterocycles. The highest BCUT2D eigenvalue weighted by Crippen LogP contribution is 2.33. The number of carbonyl (C=O) groups is 2. The Balaban J connectivity index is 1.89. The zero-order valence-corrected chi connectivity index (χ0v) is 14.4. The first-order chi connectivity index (χ1) is 12.4. The van der Waals surface area contributed by atoms with Crippen molar-refractivity contribution in [2.24, 2.45) is 5.10 Å². The first-order valence-corrected chi connectivity index (χ1v) is 8.38. The second kappa shape index (κ2) is 7.47. The summed E-state index contributed by atoms with van der Waals surface area (Å²) in [4.78, 5) is 23.3. The first-order valence-electron chi connectivity index (χ1n) is 8.38. The number of carboxylic acids is 1. The van der Waals surface area contributed by atoms with E-state index in [1.807, 2.05) is 31.2 Å². The van der Waals surface area contributed by atoms with Crippen molar-refractivity contribution in [3.05, 3.63) is 71.0 Å². The van der Waals surface area contributed by atoms with Crippen molar-refractivity contribution in [1.82, 2.24) is 5.01 Å². The molecule has 134 valence electrons. The topological polar surface area (TPSA) is 70.0 Å². The summed E-state index contributed by atoms with van der Waals surface area (Å²) in [6.45, 7) is 1.99. The number of aryl methyl sites for hydroxylation is 1. The standard InChI is InChI=1S/C20H19FN2O3/c1-13-2-4-14(5-3-13)17-12-18(15-6-8-16(21)9-7-15)23(22-17)19(24)10-11-20(25)26/h2-9,18H,10-12H2,1H3,(H,25,26). The van der Waals surface area contributed by atoms with E-state index in [-0.39, 0.29) is 30.6 Å². The van der Waals surface area contributed by atoms with E-state index in [4.69, 9.17) is 5.11 Å². The van der Waals surface area contributed by atoms with Gasteiger partial charge in [-0.05, 0) is 30.2 Å². The number of carboxylic acid groups (broad SMARTS) is 1. The largest absolute Gasteiger partial charge is 0.481 e. The van der Waals surface area contributed by atoms with E-state index >= 15 is 0 Å². The van der Waals surface area contributed by atoms with Crippen LogP contribution in [0.15, 0.2) is 53.6 Å². The Morgan fingerprint density at radius 3 is 2.38 bits per heavy atom. The predicted octanol–water partition coefficient (Wildman–Crippen LogP) is 3.68. The van der Waals surface area contributed by atoms with Crippen LogP contribution in [0.5, 0.6) is 0 Å². The maximum absolute atomic E-state index is 13.2. The van der Waals surface area contributed by atoms with Gasteiger partial charge in [0.1, 0.15) is 5.82 Å². The van der Waals surface area contributed by atoms with Crippen LogP contribution in [0.3, 0.4) is 0 Å². The molecule has 0 radical (unpaired) electrons. The third-order valence-corrected chi connectivity index (χ3v) is 4.36. The highest BCUT2D eigenvalue weighted by molar-refractivity contribution is 6.03. The van der Waals surface area contributed by atoms with Crippen molar-refractivity contribution in [3.8, 4) is 0 Å². The molecule has 1 atom stereocenters. The summed E-state index contributed by atoms with van der Waals surface area (Å²) in [7, 11) is 0. The number of carbonyl (C=O) groups excluding carboxylic acids is 1. The SMILES string of the molecule is Cc1ccc(C2=NN(C(=O)CCC(=O)O)C(c3ccc(F)cc3)C2)cc1. The summed E-state index contributed by atoms with van der Waals surface area (Å²) < 4.78 is 13.2. The zero-order chi connectivity index (χ0) is 18.7. The minimum Gasteiger partial charge on any atom is -0.481 e. The number of halogens is 1. The number of hydrogen-bond donors (Lipinski definition) is 1. The van der Waals surface area contributed by atoms with Crippen molar-refractivity contribution in [2.45, 2.75) is 32.2 Å². The fourth-order valence-electron chi connectivity index (χ4n) is 2.93. The van der Waals surface area contributed by atoms with Gasteiger partial charge in [-0.15, -0.1) is 0 Å². The maximum Gasteiger partial charge on any atom is 0.303 e. The third kappa shape index (κ3) is 3.96. The van der Waals surface area contributed by atoms with Crippen LogP contribution in [0.4, 0.5) is 4.39 Å². The van der Waals surface area contributed by atoms with E-state index in [2.05, 4.69) is 5.10 Å². The van der Waals surface area contributed by atoms with Crippen LogP contribution in [0.1, 0.15) is 42.0 Å². The molecule has 0 fully saturated rings. The second-order valence-corrected chi connectivity index (χ2v) is 6.32. The van der Waals surface area contributed by atoms with Crippen LogP contribution < -0.4 is 0 Å². The molecule has 0 saturated carbocycles. The smallest absolute Gasteiger partial charge is 0.303 e. The molecule has 3 rings (SSSR count). The summed E-state index contributed by atoms with van der Waals surface area (Å²) in [6.07, 6.45) is 0.117. The minimum absolute atomic E-state index is 0.127. The zero-order valence-electron chi connectivity index (χ0n) is 14.4. The summed E-state index contributed by atoms with van der Waals surface area (Å²) in [5.41, 5.74) is 3.55. The van der Waals surface area contributed by atoms with Crippen molar-refractivity contribution in [2.75, 3.05) is 0 Å². The number of rotatable bonds is 5. The van der Waals surface area contributed by atoms with Gasteiger partial charge in [-0.1, -0.05) is 42.0 Å². The van der Waals surface area contributed by atoms with Crippen molar-refractivity contribution < 1.29 is 19.1 Å². The van der Waals surface area contributed by atoms with E-state index in [1.165, 1.54) is 17.1 Å². The van der Waals surface area contributed by atoms with Gasteiger partial charge in [-0.3, -0.25) is 9.59 Å². The third-order valence-electron chi connectivity index (χ3n) is 4.36. The summed E-state index contributed by atoms with van der Waals surface area (Å²) >= 11 is 0. The first kappa shape index (κ1) is 17.8. The minimum atomic E-state index is -1.03. The monoisotopic (exact) mass is 354 g/mol. The van der Waals surface area contributed by atoms with Gasteiger partial charge < -0.3 is 5.11 Å². The lowest BCUT2D eigenvalue weighted by Crippen LogP contribution is -2.27. The molecule has 0 bridgehead atoms. The average molecular weight is 354 g/mol. The molecule has 1 aliphatic rings. The predicted molar refractivity (Wildman–Crippen MR) is 95.2 cm³/mol. The van der Waals surface area contributed by atoms with Crippen molar-refractivity contribution in [3.63, 3.8) is 0 Å². The van der Waals surface area contributed by atoms with E-state index in [9.17, 15) is 14.0 Å². The Labute approximate surface area is 150 Å². The van der Waals surface area contributed by atoms with Crippen LogP contribution in [0.2, 0.25) is 0 Å². The van der Waals surface area contributed by atoms with Crippen molar-refractivity contribution in [1.29, 1.82) is 0 Å². The molecule has 1 unspecified atom stereocenters. The van der Waals surface area contributed by atoms with E-state index in [0.29, 0.717) is 6.42 Å². The molecule has 2 aromatic carbocycles. The Morgan fingerprint density at radius 1 is 1.12 bits per heavy atom. The Hall–Kier alpha value is -3.02. The number of hydrazone groups is 1. The average Bonchev–Trinajstić information content (AvgIpc) is 3.06. The van der Waals surface area contributed by atoms with Gasteiger partial charge in [-0.25, -0.2) is 9.40 Å². The van der Waals surface area contributed by atoms with Gasteiger partial charge in [0, 0.05) is 12.8 Å². The normalized spacial score (nSPS) is 16.5. The molecule has 0 aliphatic carbocycles.